The molecule has 1 unspecified atom stereocenters. The highest BCUT2D eigenvalue weighted by molar-refractivity contribution is 9.10. The van der Waals surface area contributed by atoms with Crippen molar-refractivity contribution in [2.24, 2.45) is 5.84 Å². The average Bonchev–Trinajstić information content (AvgIpc) is 2.71. The Labute approximate surface area is 121 Å². The highest BCUT2D eigenvalue weighted by Crippen LogP contribution is 2.33. The predicted molar refractivity (Wildman–Crippen MR) is 80.1 cm³/mol. The first-order chi connectivity index (χ1) is 8.13. The minimum atomic E-state index is 0.0242. The molecule has 0 aliphatic rings. The molecule has 1 atom stereocenters. The maximum Gasteiger partial charge on any atom is 0.0814 e. The second kappa shape index (κ2) is 5.63. The second-order valence-corrected chi connectivity index (χ2v) is 6.40. The third kappa shape index (κ3) is 2.80. The maximum atomic E-state index is 5.68. The van der Waals surface area contributed by atoms with E-state index in [0.29, 0.717) is 0 Å². The van der Waals surface area contributed by atoms with Crippen LogP contribution in [0.1, 0.15) is 22.0 Å². The summed E-state index contributed by atoms with van der Waals surface area (Å²) in [6.07, 6.45) is 0. The molecule has 5 heteroatoms. The molecule has 3 N–H and O–H groups in total. The van der Waals surface area contributed by atoms with Gasteiger partial charge in [0.05, 0.1) is 6.04 Å². The van der Waals surface area contributed by atoms with Crippen LogP contribution < -0.4 is 11.3 Å². The number of halogens is 2. The number of hydrazine groups is 1. The molecule has 0 aliphatic carbocycles. The van der Waals surface area contributed by atoms with Gasteiger partial charge in [0.25, 0.3) is 0 Å². The van der Waals surface area contributed by atoms with Crippen molar-refractivity contribution in [3.8, 4) is 0 Å². The molecular formula is C12H12Br2N2S. The number of nitrogens with two attached hydrogens (primary N) is 1. The van der Waals surface area contributed by atoms with E-state index in [1.54, 1.807) is 11.3 Å². The Hall–Kier alpha value is -0.200. The summed E-state index contributed by atoms with van der Waals surface area (Å²) in [6.45, 7) is 2.07. The van der Waals surface area contributed by atoms with Crippen molar-refractivity contribution in [2.45, 2.75) is 13.0 Å². The van der Waals surface area contributed by atoms with Crippen molar-refractivity contribution in [3.05, 3.63) is 54.6 Å². The fourth-order valence-electron chi connectivity index (χ4n) is 1.68. The summed E-state index contributed by atoms with van der Waals surface area (Å²) in [5.74, 6) is 5.68. The summed E-state index contributed by atoms with van der Waals surface area (Å²) >= 11 is 8.73. The highest BCUT2D eigenvalue weighted by atomic mass is 79.9. The minimum Gasteiger partial charge on any atom is -0.271 e. The van der Waals surface area contributed by atoms with Gasteiger partial charge in [0.1, 0.15) is 0 Å². The first kappa shape index (κ1) is 13.2. The van der Waals surface area contributed by atoms with Gasteiger partial charge in [-0.15, -0.1) is 11.3 Å². The number of thiophene rings is 1. The third-order valence-electron chi connectivity index (χ3n) is 2.59. The molecule has 0 radical (unpaired) electrons. The topological polar surface area (TPSA) is 38.0 Å². The third-order valence-corrected chi connectivity index (χ3v) is 5.41. The number of benzene rings is 1. The van der Waals surface area contributed by atoms with Crippen LogP contribution in [0.3, 0.4) is 0 Å². The lowest BCUT2D eigenvalue weighted by molar-refractivity contribution is 0.644. The van der Waals surface area contributed by atoms with Crippen LogP contribution in [0, 0.1) is 6.92 Å². The van der Waals surface area contributed by atoms with E-state index in [0.717, 1.165) is 14.5 Å². The van der Waals surface area contributed by atoms with Crippen LogP contribution in [0.5, 0.6) is 0 Å². The Morgan fingerprint density at radius 2 is 2.00 bits per heavy atom. The standard InChI is InChI=1S/C12H12Br2N2S/c1-7-6-8(2-3-9(7)13)11(16-15)12-10(14)4-5-17-12/h2-6,11,16H,15H2,1H3. The minimum absolute atomic E-state index is 0.0242. The van der Waals surface area contributed by atoms with Gasteiger partial charge < -0.3 is 0 Å². The van der Waals surface area contributed by atoms with Crippen LogP contribution in [0.4, 0.5) is 0 Å². The van der Waals surface area contributed by atoms with Crippen molar-refractivity contribution in [2.75, 3.05) is 0 Å². The van der Waals surface area contributed by atoms with Crippen LogP contribution in [0.25, 0.3) is 0 Å². The molecule has 0 amide bonds. The predicted octanol–water partition coefficient (Wildman–Crippen LogP) is 4.13. The quantitative estimate of drug-likeness (QED) is 0.625. The number of rotatable bonds is 3. The molecule has 1 aromatic carbocycles. The number of aryl methyl sites for hydroxylation is 1. The summed E-state index contributed by atoms with van der Waals surface area (Å²) in [4.78, 5) is 1.19. The van der Waals surface area contributed by atoms with E-state index in [1.165, 1.54) is 10.4 Å². The van der Waals surface area contributed by atoms with Gasteiger partial charge in [0.2, 0.25) is 0 Å². The first-order valence-electron chi connectivity index (χ1n) is 5.08. The molecule has 0 saturated heterocycles. The molecule has 0 saturated carbocycles. The summed E-state index contributed by atoms with van der Waals surface area (Å²) < 4.78 is 2.20. The van der Waals surface area contributed by atoms with E-state index < -0.39 is 0 Å². The van der Waals surface area contributed by atoms with E-state index in [2.05, 4.69) is 67.8 Å². The van der Waals surface area contributed by atoms with Crippen molar-refractivity contribution in [1.82, 2.24) is 5.43 Å². The van der Waals surface area contributed by atoms with Gasteiger partial charge in [-0.1, -0.05) is 28.1 Å². The number of hydrogen-bond donors (Lipinski definition) is 2. The van der Waals surface area contributed by atoms with Crippen LogP contribution in [0.15, 0.2) is 38.6 Å². The molecule has 17 heavy (non-hydrogen) atoms. The molecule has 0 fully saturated rings. The lowest BCUT2D eigenvalue weighted by atomic mass is 10.0. The van der Waals surface area contributed by atoms with Gasteiger partial charge in [-0.05, 0) is 51.5 Å². The Morgan fingerprint density at radius 3 is 2.53 bits per heavy atom. The first-order valence-corrected chi connectivity index (χ1v) is 7.55. The largest absolute Gasteiger partial charge is 0.271 e. The normalized spacial score (nSPS) is 12.7. The van der Waals surface area contributed by atoms with Gasteiger partial charge in [-0.25, -0.2) is 5.43 Å². The summed E-state index contributed by atoms with van der Waals surface area (Å²) in [5, 5.41) is 2.05. The van der Waals surface area contributed by atoms with E-state index in [4.69, 9.17) is 5.84 Å². The van der Waals surface area contributed by atoms with E-state index in [-0.39, 0.29) is 6.04 Å². The Balaban J connectivity index is 2.42. The van der Waals surface area contributed by atoms with Gasteiger partial charge in [-0.2, -0.15) is 0 Å². The van der Waals surface area contributed by atoms with E-state index in [9.17, 15) is 0 Å². The van der Waals surface area contributed by atoms with Crippen LogP contribution >= 0.6 is 43.2 Å². The zero-order chi connectivity index (χ0) is 12.4. The molecular weight excluding hydrogens is 364 g/mol. The molecule has 0 aliphatic heterocycles. The number of hydrogen-bond acceptors (Lipinski definition) is 3. The Morgan fingerprint density at radius 1 is 1.24 bits per heavy atom. The fraction of sp³-hybridized carbons (Fsp3) is 0.167. The smallest absolute Gasteiger partial charge is 0.0814 e. The van der Waals surface area contributed by atoms with Gasteiger partial charge in [0, 0.05) is 13.8 Å². The highest BCUT2D eigenvalue weighted by Gasteiger charge is 2.17. The zero-order valence-corrected chi connectivity index (χ0v) is 13.2. The fourth-order valence-corrected chi connectivity index (χ4v) is 3.62. The van der Waals surface area contributed by atoms with Gasteiger partial charge in [-0.3, -0.25) is 5.84 Å². The lowest BCUT2D eigenvalue weighted by Gasteiger charge is -2.16. The molecule has 0 spiro atoms. The summed E-state index contributed by atoms with van der Waals surface area (Å²) in [5.41, 5.74) is 5.24. The number of nitrogens with one attached hydrogen (secondary N) is 1. The molecule has 2 rings (SSSR count). The van der Waals surface area contributed by atoms with Crippen LogP contribution in [-0.4, -0.2) is 0 Å². The lowest BCUT2D eigenvalue weighted by Crippen LogP contribution is -2.28. The van der Waals surface area contributed by atoms with E-state index >= 15 is 0 Å². The Kier molecular flexibility index (Phi) is 4.38. The second-order valence-electron chi connectivity index (χ2n) is 3.74. The van der Waals surface area contributed by atoms with Crippen LogP contribution in [-0.2, 0) is 0 Å². The van der Waals surface area contributed by atoms with E-state index in [1.807, 2.05) is 6.07 Å². The van der Waals surface area contributed by atoms with Crippen molar-refractivity contribution < 1.29 is 0 Å². The van der Waals surface area contributed by atoms with Gasteiger partial charge >= 0.3 is 0 Å². The maximum absolute atomic E-state index is 5.68. The average molecular weight is 376 g/mol. The Bertz CT molecular complexity index is 525. The molecule has 1 aromatic heterocycles. The van der Waals surface area contributed by atoms with Crippen molar-refractivity contribution >= 4 is 43.2 Å². The van der Waals surface area contributed by atoms with Crippen molar-refractivity contribution in [1.29, 1.82) is 0 Å². The summed E-state index contributed by atoms with van der Waals surface area (Å²) in [7, 11) is 0. The van der Waals surface area contributed by atoms with Crippen molar-refractivity contribution in [3.63, 3.8) is 0 Å². The summed E-state index contributed by atoms with van der Waals surface area (Å²) in [6, 6.07) is 8.33. The molecule has 90 valence electrons. The monoisotopic (exact) mass is 374 g/mol. The molecule has 2 nitrogen and oxygen atoms in total. The molecule has 0 bridgehead atoms. The molecule has 2 aromatic rings. The van der Waals surface area contributed by atoms with Crippen LogP contribution in [0.2, 0.25) is 0 Å². The molecule has 1 heterocycles. The SMILES string of the molecule is Cc1cc(C(NN)c2sccc2Br)ccc1Br. The zero-order valence-electron chi connectivity index (χ0n) is 9.21. The van der Waals surface area contributed by atoms with Gasteiger partial charge in [0.15, 0.2) is 0 Å².